The van der Waals surface area contributed by atoms with E-state index in [1.165, 1.54) is 0 Å². The van der Waals surface area contributed by atoms with Crippen LogP contribution in [0, 0.1) is 0 Å². The normalized spacial score (nSPS) is 17.1. The van der Waals surface area contributed by atoms with Crippen molar-refractivity contribution in [1.82, 2.24) is 9.27 Å². The third kappa shape index (κ3) is 5.47. The minimum absolute atomic E-state index is 0.0273. The summed E-state index contributed by atoms with van der Waals surface area (Å²) >= 11 is 1.05. The van der Waals surface area contributed by atoms with Crippen LogP contribution >= 0.6 is 11.5 Å². The molecule has 1 aromatic heterocycles. The first-order valence-electron chi connectivity index (χ1n) is 9.68. The lowest BCUT2D eigenvalue weighted by molar-refractivity contribution is 0.00761. The molecule has 2 N–H and O–H groups in total. The quantitative estimate of drug-likeness (QED) is 0.749. The Morgan fingerprint density at radius 2 is 2.00 bits per heavy atom. The van der Waals surface area contributed by atoms with Gasteiger partial charge in [0.15, 0.2) is 4.88 Å². The third-order valence-electron chi connectivity index (χ3n) is 4.61. The van der Waals surface area contributed by atoms with E-state index in [-0.39, 0.29) is 18.6 Å². The lowest BCUT2D eigenvalue weighted by atomic mass is 9.94. The minimum Gasteiger partial charge on any atom is -0.456 e. The van der Waals surface area contributed by atoms with Crippen LogP contribution in [0.25, 0.3) is 0 Å². The second-order valence-corrected chi connectivity index (χ2v) is 8.91. The Morgan fingerprint density at radius 3 is 2.69 bits per heavy atom. The number of amides is 1. The molecule has 8 heteroatoms. The molecule has 1 atom stereocenters. The van der Waals surface area contributed by atoms with Gasteiger partial charge in [0.2, 0.25) is 0 Å². The fraction of sp³-hybridized carbons (Fsp3) is 0.476. The van der Waals surface area contributed by atoms with Gasteiger partial charge in [0, 0.05) is 19.0 Å². The summed E-state index contributed by atoms with van der Waals surface area (Å²) in [7, 11) is 0. The monoisotopic (exact) mass is 417 g/mol. The molecule has 3 rings (SSSR count). The lowest BCUT2D eigenvalue weighted by Gasteiger charge is -2.31. The maximum Gasteiger partial charge on any atom is 0.410 e. The van der Waals surface area contributed by atoms with Crippen molar-refractivity contribution >= 4 is 29.3 Å². The highest BCUT2D eigenvalue weighted by molar-refractivity contribution is 7.08. The maximum absolute atomic E-state index is 12.5. The number of anilines is 1. The molecule has 0 radical (unpaired) electrons. The van der Waals surface area contributed by atoms with Crippen LogP contribution < -0.4 is 5.73 Å². The van der Waals surface area contributed by atoms with Crippen molar-refractivity contribution in [3.05, 3.63) is 46.5 Å². The van der Waals surface area contributed by atoms with Gasteiger partial charge in [0.05, 0.1) is 11.4 Å². The number of carbonyl (C=O) groups is 2. The summed E-state index contributed by atoms with van der Waals surface area (Å²) in [4.78, 5) is 26.8. The van der Waals surface area contributed by atoms with Crippen LogP contribution in [0.3, 0.4) is 0 Å². The molecule has 1 fully saturated rings. The molecular formula is C21H27N3O4S. The zero-order valence-electron chi connectivity index (χ0n) is 17.0. The van der Waals surface area contributed by atoms with Crippen molar-refractivity contribution in [3.63, 3.8) is 0 Å². The van der Waals surface area contributed by atoms with E-state index >= 15 is 0 Å². The van der Waals surface area contributed by atoms with E-state index in [0.29, 0.717) is 29.3 Å². The SMILES string of the molecule is CC(C)(C)OC(=O)c1snc(C2CCCN(C(=O)OCc3ccccc3)C2)c1N. The van der Waals surface area contributed by atoms with Gasteiger partial charge < -0.3 is 20.1 Å². The fourth-order valence-electron chi connectivity index (χ4n) is 3.25. The van der Waals surface area contributed by atoms with Crippen molar-refractivity contribution < 1.29 is 19.1 Å². The van der Waals surface area contributed by atoms with Crippen LogP contribution in [0.2, 0.25) is 0 Å². The number of esters is 1. The summed E-state index contributed by atoms with van der Waals surface area (Å²) < 4.78 is 15.3. The molecule has 1 aliphatic rings. The zero-order chi connectivity index (χ0) is 21.0. The Hall–Kier alpha value is -2.61. The van der Waals surface area contributed by atoms with Crippen molar-refractivity contribution in [2.45, 2.75) is 51.7 Å². The highest BCUT2D eigenvalue weighted by Crippen LogP contribution is 2.34. The van der Waals surface area contributed by atoms with Gasteiger partial charge in [-0.25, -0.2) is 9.59 Å². The Labute approximate surface area is 175 Å². The molecule has 1 aliphatic heterocycles. The van der Waals surface area contributed by atoms with Gasteiger partial charge in [-0.15, -0.1) is 0 Å². The fourth-order valence-corrected chi connectivity index (χ4v) is 4.01. The number of piperidine rings is 1. The largest absolute Gasteiger partial charge is 0.456 e. The molecule has 0 spiro atoms. The van der Waals surface area contributed by atoms with E-state index in [9.17, 15) is 9.59 Å². The minimum atomic E-state index is -0.599. The molecule has 0 aliphatic carbocycles. The van der Waals surface area contributed by atoms with E-state index in [1.54, 1.807) is 4.90 Å². The van der Waals surface area contributed by atoms with Gasteiger partial charge in [-0.2, -0.15) is 4.37 Å². The Morgan fingerprint density at radius 1 is 1.28 bits per heavy atom. The number of nitrogen functional groups attached to an aromatic ring is 1. The van der Waals surface area contributed by atoms with Gasteiger partial charge in [0.25, 0.3) is 0 Å². The second kappa shape index (κ2) is 8.82. The van der Waals surface area contributed by atoms with Crippen LogP contribution in [0.1, 0.15) is 60.5 Å². The van der Waals surface area contributed by atoms with Crippen LogP contribution in [0.4, 0.5) is 10.5 Å². The lowest BCUT2D eigenvalue weighted by Crippen LogP contribution is -2.39. The molecule has 156 valence electrons. The first kappa shape index (κ1) is 21.1. The van der Waals surface area contributed by atoms with Gasteiger partial charge in [-0.1, -0.05) is 30.3 Å². The molecule has 29 heavy (non-hydrogen) atoms. The Balaban J connectivity index is 1.63. The molecule has 1 amide bonds. The second-order valence-electron chi connectivity index (χ2n) is 8.14. The van der Waals surface area contributed by atoms with Crippen molar-refractivity contribution in [2.24, 2.45) is 0 Å². The number of hydrogen-bond donors (Lipinski definition) is 1. The first-order valence-corrected chi connectivity index (χ1v) is 10.5. The summed E-state index contributed by atoms with van der Waals surface area (Å²) in [5.41, 5.74) is 7.59. The highest BCUT2D eigenvalue weighted by Gasteiger charge is 2.31. The molecule has 2 aromatic rings. The van der Waals surface area contributed by atoms with Crippen molar-refractivity contribution in [1.29, 1.82) is 0 Å². The number of hydrogen-bond acceptors (Lipinski definition) is 7. The Bertz CT molecular complexity index is 861. The molecule has 2 heterocycles. The first-order chi connectivity index (χ1) is 13.7. The number of likely N-dealkylation sites (tertiary alicyclic amines) is 1. The number of carbonyl (C=O) groups excluding carboxylic acids is 2. The number of ether oxygens (including phenoxy) is 2. The molecule has 1 aromatic carbocycles. The summed E-state index contributed by atoms with van der Waals surface area (Å²) in [5.74, 6) is -0.492. The van der Waals surface area contributed by atoms with E-state index in [4.69, 9.17) is 15.2 Å². The topological polar surface area (TPSA) is 94.8 Å². The number of nitrogens with zero attached hydrogens (tertiary/aromatic N) is 2. The van der Waals surface area contributed by atoms with E-state index in [2.05, 4.69) is 4.37 Å². The van der Waals surface area contributed by atoms with Crippen LogP contribution in [-0.4, -0.2) is 40.0 Å². The maximum atomic E-state index is 12.5. The molecule has 1 unspecified atom stereocenters. The standard InChI is InChI=1S/C21H27N3O4S/c1-21(2,3)28-19(25)18-16(22)17(23-29-18)15-10-7-11-24(12-15)20(26)27-13-14-8-5-4-6-9-14/h4-6,8-9,15H,7,10-13,22H2,1-3H3. The molecule has 0 bridgehead atoms. The average Bonchev–Trinajstić information content (AvgIpc) is 3.07. The Kier molecular flexibility index (Phi) is 6.42. The summed E-state index contributed by atoms with van der Waals surface area (Å²) in [5, 5.41) is 0. The smallest absolute Gasteiger partial charge is 0.410 e. The third-order valence-corrected chi connectivity index (χ3v) is 5.47. The highest BCUT2D eigenvalue weighted by atomic mass is 32.1. The summed E-state index contributed by atoms with van der Waals surface area (Å²) in [6.07, 6.45) is 1.33. The van der Waals surface area contributed by atoms with Gasteiger partial charge in [-0.05, 0) is 50.7 Å². The van der Waals surface area contributed by atoms with Crippen LogP contribution in [0.5, 0.6) is 0 Å². The number of aromatic nitrogens is 1. The van der Waals surface area contributed by atoms with Crippen LogP contribution in [-0.2, 0) is 16.1 Å². The predicted octanol–water partition coefficient (Wildman–Crippen LogP) is 4.20. The molecular weight excluding hydrogens is 390 g/mol. The number of rotatable bonds is 4. The number of benzene rings is 1. The van der Waals surface area contributed by atoms with E-state index in [1.807, 2.05) is 51.1 Å². The summed E-state index contributed by atoms with van der Waals surface area (Å²) in [6.45, 7) is 6.76. The van der Waals surface area contributed by atoms with Crippen LogP contribution in [0.15, 0.2) is 30.3 Å². The molecule has 0 saturated carbocycles. The van der Waals surface area contributed by atoms with Gasteiger partial charge in [0.1, 0.15) is 12.2 Å². The van der Waals surface area contributed by atoms with Crippen molar-refractivity contribution in [2.75, 3.05) is 18.8 Å². The van der Waals surface area contributed by atoms with E-state index in [0.717, 1.165) is 29.9 Å². The van der Waals surface area contributed by atoms with Crippen molar-refractivity contribution in [3.8, 4) is 0 Å². The molecule has 1 saturated heterocycles. The summed E-state index contributed by atoms with van der Waals surface area (Å²) in [6, 6.07) is 9.58. The average molecular weight is 418 g/mol. The van der Waals surface area contributed by atoms with Gasteiger partial charge in [-0.3, -0.25) is 0 Å². The molecule has 7 nitrogen and oxygen atoms in total. The van der Waals surface area contributed by atoms with Gasteiger partial charge >= 0.3 is 12.1 Å². The number of nitrogens with two attached hydrogens (primary N) is 1. The van der Waals surface area contributed by atoms with E-state index < -0.39 is 11.6 Å². The predicted molar refractivity (Wildman–Crippen MR) is 112 cm³/mol. The zero-order valence-corrected chi connectivity index (χ0v) is 17.8.